The van der Waals surface area contributed by atoms with E-state index in [0.29, 0.717) is 31.8 Å². The predicted octanol–water partition coefficient (Wildman–Crippen LogP) is 2.36. The van der Waals surface area contributed by atoms with Gasteiger partial charge in [0.1, 0.15) is 5.54 Å². The first kappa shape index (κ1) is 17.3. The molecular weight excluding hydrogens is 320 g/mol. The number of nitrogens with one attached hydrogen (secondary N) is 2. The molecule has 0 unspecified atom stereocenters. The Balaban J connectivity index is 1.62. The van der Waals surface area contributed by atoms with E-state index in [2.05, 4.69) is 24.5 Å². The number of benzene rings is 1. The summed E-state index contributed by atoms with van der Waals surface area (Å²) in [5.74, 6) is 0.183. The zero-order valence-electron chi connectivity index (χ0n) is 14.8. The molecule has 0 bridgehead atoms. The number of nitrogens with zero attached hydrogens (tertiary/aromatic N) is 2. The molecule has 2 fully saturated rings. The monoisotopic (exact) mass is 344 g/mol. The minimum atomic E-state index is -0.847. The van der Waals surface area contributed by atoms with Crippen LogP contribution in [0.2, 0.25) is 0 Å². The Morgan fingerprint density at radius 1 is 1.24 bits per heavy atom. The number of amides is 5. The number of likely N-dealkylation sites (tertiary alicyclic amines) is 1. The average molecular weight is 344 g/mol. The Labute approximate surface area is 147 Å². The summed E-state index contributed by atoms with van der Waals surface area (Å²) in [6.07, 6.45) is 0.864. The van der Waals surface area contributed by atoms with Gasteiger partial charge in [-0.25, -0.2) is 9.59 Å². The molecular formula is C18H24N4O3. The van der Waals surface area contributed by atoms with Gasteiger partial charge in [0.2, 0.25) is 0 Å². The van der Waals surface area contributed by atoms with Crippen LogP contribution < -0.4 is 10.6 Å². The van der Waals surface area contributed by atoms with E-state index in [-0.39, 0.29) is 18.0 Å². The highest BCUT2D eigenvalue weighted by Gasteiger charge is 2.51. The Bertz CT molecular complexity index is 708. The van der Waals surface area contributed by atoms with Gasteiger partial charge in [-0.1, -0.05) is 26.0 Å². The predicted molar refractivity (Wildman–Crippen MR) is 94.4 cm³/mol. The van der Waals surface area contributed by atoms with Crippen LogP contribution in [0.15, 0.2) is 24.3 Å². The highest BCUT2D eigenvalue weighted by molar-refractivity contribution is 6.07. The number of carbonyl (C=O) groups excluding carboxylic acids is 3. The molecule has 2 N–H and O–H groups in total. The van der Waals surface area contributed by atoms with Gasteiger partial charge in [-0.15, -0.1) is 0 Å². The van der Waals surface area contributed by atoms with Crippen LogP contribution in [0.4, 0.5) is 15.3 Å². The van der Waals surface area contributed by atoms with Crippen LogP contribution in [0.1, 0.15) is 38.2 Å². The second-order valence-corrected chi connectivity index (χ2v) is 7.07. The van der Waals surface area contributed by atoms with Crippen LogP contribution >= 0.6 is 0 Å². The summed E-state index contributed by atoms with van der Waals surface area (Å²) >= 11 is 0. The molecule has 0 aliphatic carbocycles. The minimum absolute atomic E-state index is 0.180. The van der Waals surface area contributed by atoms with Crippen molar-refractivity contribution in [3.63, 3.8) is 0 Å². The minimum Gasteiger partial charge on any atom is -0.324 e. The van der Waals surface area contributed by atoms with Crippen molar-refractivity contribution in [2.24, 2.45) is 0 Å². The van der Waals surface area contributed by atoms with E-state index in [1.165, 1.54) is 7.05 Å². The van der Waals surface area contributed by atoms with Crippen molar-refractivity contribution in [2.45, 2.75) is 38.1 Å². The van der Waals surface area contributed by atoms with Crippen LogP contribution in [-0.4, -0.2) is 53.4 Å². The fraction of sp³-hybridized carbons (Fsp3) is 0.500. The summed E-state index contributed by atoms with van der Waals surface area (Å²) in [6.45, 7) is 5.06. The van der Waals surface area contributed by atoms with E-state index in [1.807, 2.05) is 24.3 Å². The Morgan fingerprint density at radius 3 is 2.48 bits per heavy atom. The molecule has 7 nitrogen and oxygen atoms in total. The quantitative estimate of drug-likeness (QED) is 0.808. The first-order chi connectivity index (χ1) is 11.8. The van der Waals surface area contributed by atoms with Gasteiger partial charge in [-0.2, -0.15) is 0 Å². The van der Waals surface area contributed by atoms with Crippen LogP contribution in [0, 0.1) is 0 Å². The number of piperidine rings is 1. The van der Waals surface area contributed by atoms with E-state index in [9.17, 15) is 14.4 Å². The van der Waals surface area contributed by atoms with Gasteiger partial charge in [-0.05, 0) is 36.5 Å². The Morgan fingerprint density at radius 2 is 1.92 bits per heavy atom. The molecule has 2 saturated heterocycles. The maximum absolute atomic E-state index is 12.5. The lowest BCUT2D eigenvalue weighted by Crippen LogP contribution is -2.56. The Hall–Kier alpha value is -2.57. The van der Waals surface area contributed by atoms with Gasteiger partial charge >= 0.3 is 12.1 Å². The standard InChI is InChI=1S/C18H24N4O3/c1-12(2)13-5-4-6-14(11-13)19-16(24)22-9-7-18(8-10-22)15(23)21(3)17(25)20-18/h4-6,11-12H,7-10H2,1-3H3,(H,19,24)(H,20,25). The van der Waals surface area contributed by atoms with Crippen LogP contribution in [0.3, 0.4) is 0 Å². The van der Waals surface area contributed by atoms with Gasteiger partial charge in [0, 0.05) is 25.8 Å². The highest BCUT2D eigenvalue weighted by Crippen LogP contribution is 2.29. The van der Waals surface area contributed by atoms with Gasteiger partial charge < -0.3 is 15.5 Å². The number of carbonyl (C=O) groups is 3. The number of hydrogen-bond acceptors (Lipinski definition) is 3. The second-order valence-electron chi connectivity index (χ2n) is 7.07. The van der Waals surface area contributed by atoms with Crippen LogP contribution in [-0.2, 0) is 4.79 Å². The lowest BCUT2D eigenvalue weighted by atomic mass is 9.87. The largest absolute Gasteiger partial charge is 0.324 e. The normalized spacial score (nSPS) is 19.5. The molecule has 1 aromatic rings. The van der Waals surface area contributed by atoms with Gasteiger partial charge in [0.15, 0.2) is 0 Å². The van der Waals surface area contributed by atoms with Crippen molar-refractivity contribution in [2.75, 3.05) is 25.5 Å². The smallest absolute Gasteiger partial charge is 0.324 e. The zero-order chi connectivity index (χ0) is 18.2. The topological polar surface area (TPSA) is 81.8 Å². The van der Waals surface area contributed by atoms with Crippen LogP contribution in [0.5, 0.6) is 0 Å². The summed E-state index contributed by atoms with van der Waals surface area (Å²) in [6, 6.07) is 7.26. The number of rotatable bonds is 2. The molecule has 1 aromatic carbocycles. The molecule has 7 heteroatoms. The van der Waals surface area contributed by atoms with Crippen molar-refractivity contribution in [3.8, 4) is 0 Å². The van der Waals surface area contributed by atoms with E-state index < -0.39 is 5.54 Å². The summed E-state index contributed by atoms with van der Waals surface area (Å²) in [5.41, 5.74) is 1.08. The SMILES string of the molecule is CC(C)c1cccc(NC(=O)N2CCC3(CC2)NC(=O)N(C)C3=O)c1. The average Bonchev–Trinajstić information content (AvgIpc) is 2.80. The van der Waals surface area contributed by atoms with Gasteiger partial charge in [0.25, 0.3) is 5.91 Å². The molecule has 25 heavy (non-hydrogen) atoms. The van der Waals surface area contributed by atoms with E-state index >= 15 is 0 Å². The number of anilines is 1. The molecule has 5 amide bonds. The number of hydrogen-bond donors (Lipinski definition) is 2. The summed E-state index contributed by atoms with van der Waals surface area (Å²) < 4.78 is 0. The zero-order valence-corrected chi connectivity index (χ0v) is 14.8. The van der Waals surface area contributed by atoms with Crippen molar-refractivity contribution in [1.82, 2.24) is 15.1 Å². The fourth-order valence-electron chi connectivity index (χ4n) is 3.36. The third-order valence-electron chi connectivity index (χ3n) is 5.07. The maximum Gasteiger partial charge on any atom is 0.324 e. The summed E-state index contributed by atoms with van der Waals surface area (Å²) in [4.78, 5) is 39.3. The molecule has 2 aliphatic rings. The molecule has 134 valence electrons. The third-order valence-corrected chi connectivity index (χ3v) is 5.07. The Kier molecular flexibility index (Phi) is 4.41. The first-order valence-corrected chi connectivity index (χ1v) is 8.58. The van der Waals surface area contributed by atoms with Crippen molar-refractivity contribution in [3.05, 3.63) is 29.8 Å². The lowest BCUT2D eigenvalue weighted by molar-refractivity contribution is -0.131. The number of urea groups is 2. The first-order valence-electron chi connectivity index (χ1n) is 8.58. The van der Waals surface area contributed by atoms with Crippen molar-refractivity contribution < 1.29 is 14.4 Å². The van der Waals surface area contributed by atoms with Gasteiger partial charge in [0.05, 0.1) is 0 Å². The van der Waals surface area contributed by atoms with Gasteiger partial charge in [-0.3, -0.25) is 9.69 Å². The third kappa shape index (κ3) is 3.18. The second kappa shape index (κ2) is 6.38. The van der Waals surface area contributed by atoms with Crippen molar-refractivity contribution in [1.29, 1.82) is 0 Å². The lowest BCUT2D eigenvalue weighted by Gasteiger charge is -2.37. The maximum atomic E-state index is 12.5. The molecule has 0 atom stereocenters. The molecule has 1 spiro atoms. The summed E-state index contributed by atoms with van der Waals surface area (Å²) in [7, 11) is 1.48. The molecule has 0 saturated carbocycles. The van der Waals surface area contributed by atoms with Crippen molar-refractivity contribution >= 4 is 23.7 Å². The molecule has 2 aliphatic heterocycles. The molecule has 0 radical (unpaired) electrons. The number of imide groups is 1. The fourth-order valence-corrected chi connectivity index (χ4v) is 3.36. The molecule has 3 rings (SSSR count). The van der Waals surface area contributed by atoms with E-state index in [1.54, 1.807) is 4.90 Å². The molecule has 0 aromatic heterocycles. The highest BCUT2D eigenvalue weighted by atomic mass is 16.2. The number of likely N-dealkylation sites (N-methyl/N-ethyl adjacent to an activating group) is 1. The van der Waals surface area contributed by atoms with Crippen LogP contribution in [0.25, 0.3) is 0 Å². The van der Waals surface area contributed by atoms with E-state index in [4.69, 9.17) is 0 Å². The summed E-state index contributed by atoms with van der Waals surface area (Å²) in [5, 5.41) is 5.70. The van der Waals surface area contributed by atoms with E-state index in [0.717, 1.165) is 16.2 Å². The molecule has 2 heterocycles.